The van der Waals surface area contributed by atoms with Crippen molar-refractivity contribution < 1.29 is 19.1 Å². The van der Waals surface area contributed by atoms with Crippen LogP contribution in [0.1, 0.15) is 19.4 Å². The Kier molecular flexibility index (Phi) is 7.42. The van der Waals surface area contributed by atoms with Crippen LogP contribution in [0.2, 0.25) is 0 Å². The molecular weight excluding hydrogens is 334 g/mol. The molecule has 0 unspecified atom stereocenters. The highest BCUT2D eigenvalue weighted by Crippen LogP contribution is 2.16. The largest absolute Gasteiger partial charge is 0.513 e. The number of pyridine rings is 1. The van der Waals surface area contributed by atoms with Crippen molar-refractivity contribution in [2.24, 2.45) is 0 Å². The maximum absolute atomic E-state index is 12.4. The Hall–Kier alpha value is -3.09. The van der Waals surface area contributed by atoms with Gasteiger partial charge in [0.05, 0.1) is 6.61 Å². The van der Waals surface area contributed by atoms with Crippen molar-refractivity contribution in [1.82, 2.24) is 9.88 Å². The van der Waals surface area contributed by atoms with Crippen molar-refractivity contribution in [3.05, 3.63) is 54.4 Å². The summed E-state index contributed by atoms with van der Waals surface area (Å²) in [5.74, 6) is 0.353. The Morgan fingerprint density at radius 3 is 2.38 bits per heavy atom. The fraction of sp³-hybridized carbons (Fsp3) is 0.316. The number of likely N-dealkylation sites (N-methyl/N-ethyl adjacent to an activating group) is 1. The van der Waals surface area contributed by atoms with Crippen LogP contribution in [0.4, 0.5) is 15.3 Å². The summed E-state index contributed by atoms with van der Waals surface area (Å²) in [4.78, 5) is 29.4. The summed E-state index contributed by atoms with van der Waals surface area (Å²) in [6.45, 7) is 5.09. The van der Waals surface area contributed by atoms with Gasteiger partial charge in [-0.25, -0.2) is 9.59 Å². The topological polar surface area (TPSA) is 80.8 Å². The Bertz CT molecular complexity index is 704. The SMILES string of the molecule is CCOC(=O)Oc1ccc(NC(=O)N(CC)CCc2ccncc2)cc1. The van der Waals surface area contributed by atoms with Crippen molar-refractivity contribution in [1.29, 1.82) is 0 Å². The van der Waals surface area contributed by atoms with Crippen LogP contribution >= 0.6 is 0 Å². The van der Waals surface area contributed by atoms with Gasteiger partial charge in [0, 0.05) is 31.2 Å². The average Bonchev–Trinajstić information content (AvgIpc) is 2.65. The second kappa shape index (κ2) is 10.0. The van der Waals surface area contributed by atoms with Crippen LogP contribution in [0.25, 0.3) is 0 Å². The third-order valence-corrected chi connectivity index (χ3v) is 3.66. The van der Waals surface area contributed by atoms with Crippen LogP contribution in [0, 0.1) is 0 Å². The number of anilines is 1. The lowest BCUT2D eigenvalue weighted by atomic mass is 10.2. The summed E-state index contributed by atoms with van der Waals surface area (Å²) in [5, 5.41) is 2.84. The lowest BCUT2D eigenvalue weighted by Gasteiger charge is -2.21. The number of nitrogens with one attached hydrogen (secondary N) is 1. The Labute approximate surface area is 152 Å². The van der Waals surface area contributed by atoms with E-state index in [2.05, 4.69) is 10.3 Å². The number of benzene rings is 1. The Morgan fingerprint density at radius 1 is 1.08 bits per heavy atom. The highest BCUT2D eigenvalue weighted by Gasteiger charge is 2.12. The number of ether oxygens (including phenoxy) is 2. The lowest BCUT2D eigenvalue weighted by Crippen LogP contribution is -2.36. The van der Waals surface area contributed by atoms with Gasteiger partial charge in [0.1, 0.15) is 5.75 Å². The molecule has 26 heavy (non-hydrogen) atoms. The van der Waals surface area contributed by atoms with Crippen LogP contribution in [-0.4, -0.2) is 41.8 Å². The van der Waals surface area contributed by atoms with E-state index in [-0.39, 0.29) is 12.6 Å². The minimum atomic E-state index is -0.752. The standard InChI is InChI=1S/C19H23N3O4/c1-3-22(14-11-15-9-12-20-13-10-15)18(23)21-16-5-7-17(8-6-16)26-19(24)25-4-2/h5-10,12-13H,3-4,11,14H2,1-2H3,(H,21,23). The number of amides is 2. The van der Waals surface area contributed by atoms with E-state index in [1.165, 1.54) is 0 Å². The first-order valence-electron chi connectivity index (χ1n) is 8.51. The minimum absolute atomic E-state index is 0.180. The van der Waals surface area contributed by atoms with Gasteiger partial charge in [-0.05, 0) is 62.2 Å². The molecule has 7 heteroatoms. The summed E-state index contributed by atoms with van der Waals surface area (Å²) < 4.78 is 9.69. The number of hydrogen-bond acceptors (Lipinski definition) is 5. The normalized spacial score (nSPS) is 10.1. The summed E-state index contributed by atoms with van der Waals surface area (Å²) in [6, 6.07) is 10.2. The highest BCUT2D eigenvalue weighted by molar-refractivity contribution is 5.89. The maximum atomic E-state index is 12.4. The van der Waals surface area contributed by atoms with E-state index >= 15 is 0 Å². The van der Waals surface area contributed by atoms with Crippen LogP contribution in [0.3, 0.4) is 0 Å². The average molecular weight is 357 g/mol. The van der Waals surface area contributed by atoms with Crippen LogP contribution in [0.15, 0.2) is 48.8 Å². The second-order valence-electron chi connectivity index (χ2n) is 5.42. The molecule has 1 aromatic heterocycles. The van der Waals surface area contributed by atoms with Gasteiger partial charge in [-0.15, -0.1) is 0 Å². The van der Waals surface area contributed by atoms with Crippen LogP contribution < -0.4 is 10.1 Å². The smallest absolute Gasteiger partial charge is 0.434 e. The molecule has 1 heterocycles. The van der Waals surface area contributed by atoms with Gasteiger partial charge in [-0.3, -0.25) is 4.98 Å². The molecule has 0 aliphatic heterocycles. The second-order valence-corrected chi connectivity index (χ2v) is 5.42. The van der Waals surface area contributed by atoms with Crippen LogP contribution in [0.5, 0.6) is 5.75 Å². The molecular formula is C19H23N3O4. The van der Waals surface area contributed by atoms with E-state index in [0.717, 1.165) is 12.0 Å². The summed E-state index contributed by atoms with van der Waals surface area (Å²) in [6.07, 6.45) is 3.49. The summed E-state index contributed by atoms with van der Waals surface area (Å²) in [7, 11) is 0. The van der Waals surface area contributed by atoms with E-state index in [1.807, 2.05) is 19.1 Å². The Balaban J connectivity index is 1.87. The van der Waals surface area contributed by atoms with Crippen molar-refractivity contribution in [2.75, 3.05) is 25.0 Å². The molecule has 0 aliphatic carbocycles. The van der Waals surface area contributed by atoms with Gasteiger partial charge in [0.2, 0.25) is 0 Å². The molecule has 2 rings (SSSR count). The number of rotatable bonds is 7. The number of carbonyl (C=O) groups is 2. The molecule has 2 amide bonds. The van der Waals surface area contributed by atoms with Crippen molar-refractivity contribution >= 4 is 17.9 Å². The molecule has 0 radical (unpaired) electrons. The molecule has 0 bridgehead atoms. The van der Waals surface area contributed by atoms with Crippen molar-refractivity contribution in [3.8, 4) is 5.75 Å². The zero-order valence-corrected chi connectivity index (χ0v) is 15.0. The Morgan fingerprint density at radius 2 is 1.77 bits per heavy atom. The zero-order chi connectivity index (χ0) is 18.8. The van der Waals surface area contributed by atoms with Gasteiger partial charge in [-0.2, -0.15) is 0 Å². The number of aromatic nitrogens is 1. The molecule has 0 spiro atoms. The quantitative estimate of drug-likeness (QED) is 0.603. The fourth-order valence-corrected chi connectivity index (χ4v) is 2.27. The van der Waals surface area contributed by atoms with Crippen LogP contribution in [-0.2, 0) is 11.2 Å². The molecule has 2 aromatic rings. The first kappa shape index (κ1) is 19.2. The number of hydrogen-bond donors (Lipinski definition) is 1. The molecule has 0 saturated heterocycles. The third-order valence-electron chi connectivity index (χ3n) is 3.66. The third kappa shape index (κ3) is 6.08. The van der Waals surface area contributed by atoms with Gasteiger partial charge >= 0.3 is 12.2 Å². The van der Waals surface area contributed by atoms with Gasteiger partial charge < -0.3 is 19.7 Å². The van der Waals surface area contributed by atoms with Gasteiger partial charge in [-0.1, -0.05) is 0 Å². The molecule has 0 atom stereocenters. The lowest BCUT2D eigenvalue weighted by molar-refractivity contribution is 0.104. The first-order chi connectivity index (χ1) is 12.6. The number of urea groups is 1. The first-order valence-corrected chi connectivity index (χ1v) is 8.51. The summed E-state index contributed by atoms with van der Waals surface area (Å²) >= 11 is 0. The number of carbonyl (C=O) groups excluding carboxylic acids is 2. The molecule has 0 aliphatic rings. The van der Waals surface area contributed by atoms with Gasteiger partial charge in [0.15, 0.2) is 0 Å². The zero-order valence-electron chi connectivity index (χ0n) is 15.0. The van der Waals surface area contributed by atoms with E-state index in [4.69, 9.17) is 9.47 Å². The van der Waals surface area contributed by atoms with Crippen molar-refractivity contribution in [3.63, 3.8) is 0 Å². The van der Waals surface area contributed by atoms with E-state index in [1.54, 1.807) is 48.5 Å². The monoisotopic (exact) mass is 357 g/mol. The number of nitrogens with zero attached hydrogens (tertiary/aromatic N) is 2. The summed E-state index contributed by atoms with van der Waals surface area (Å²) in [5.41, 5.74) is 1.75. The highest BCUT2D eigenvalue weighted by atomic mass is 16.7. The maximum Gasteiger partial charge on any atom is 0.513 e. The van der Waals surface area contributed by atoms with Gasteiger partial charge in [0.25, 0.3) is 0 Å². The minimum Gasteiger partial charge on any atom is -0.434 e. The fourth-order valence-electron chi connectivity index (χ4n) is 2.27. The molecule has 0 fully saturated rings. The molecule has 0 saturated carbocycles. The van der Waals surface area contributed by atoms with E-state index < -0.39 is 6.16 Å². The van der Waals surface area contributed by atoms with E-state index in [0.29, 0.717) is 24.5 Å². The predicted molar refractivity (Wildman–Crippen MR) is 98.3 cm³/mol. The van der Waals surface area contributed by atoms with Crippen molar-refractivity contribution in [2.45, 2.75) is 20.3 Å². The molecule has 138 valence electrons. The predicted octanol–water partition coefficient (Wildman–Crippen LogP) is 3.71. The molecule has 1 aromatic carbocycles. The molecule has 1 N–H and O–H groups in total. The molecule has 7 nitrogen and oxygen atoms in total. The van der Waals surface area contributed by atoms with E-state index in [9.17, 15) is 9.59 Å².